The molecule has 0 saturated heterocycles. The molecule has 0 spiro atoms. The van der Waals surface area contributed by atoms with Crippen molar-refractivity contribution in [3.8, 4) is 5.75 Å². The van der Waals surface area contributed by atoms with Crippen LogP contribution in [0.5, 0.6) is 5.75 Å². The average molecular weight is 287 g/mol. The van der Waals surface area contributed by atoms with E-state index in [1.165, 1.54) is 0 Å². The van der Waals surface area contributed by atoms with E-state index in [0.29, 0.717) is 17.4 Å². The van der Waals surface area contributed by atoms with E-state index in [1.54, 1.807) is 24.4 Å². The van der Waals surface area contributed by atoms with Gasteiger partial charge >= 0.3 is 0 Å². The van der Waals surface area contributed by atoms with Crippen molar-refractivity contribution >= 4 is 28.7 Å². The lowest BCUT2D eigenvalue weighted by Gasteiger charge is -2.26. The fraction of sp³-hybridized carbons (Fsp3) is 0.200. The molecule has 0 fully saturated rings. The van der Waals surface area contributed by atoms with E-state index in [0.717, 1.165) is 16.8 Å². The Morgan fingerprint density at radius 2 is 2.15 bits per heavy atom. The van der Waals surface area contributed by atoms with E-state index >= 15 is 0 Å². The number of nitrogens with zero attached hydrogens (tertiary/aromatic N) is 2. The van der Waals surface area contributed by atoms with Gasteiger partial charge in [0, 0.05) is 24.5 Å². The summed E-state index contributed by atoms with van der Waals surface area (Å²) < 4.78 is 0. The monoisotopic (exact) mass is 287 g/mol. The van der Waals surface area contributed by atoms with E-state index in [1.807, 2.05) is 30.9 Å². The molecular formula is C15H17N3OS. The summed E-state index contributed by atoms with van der Waals surface area (Å²) in [5.74, 6) is 0.924. The third-order valence-corrected chi connectivity index (χ3v) is 3.33. The Hall–Kier alpha value is -2.14. The van der Waals surface area contributed by atoms with Crippen molar-refractivity contribution in [3.05, 3.63) is 47.7 Å². The number of aryl methyl sites for hydroxylation is 1. The van der Waals surface area contributed by atoms with Crippen LogP contribution in [0, 0.1) is 6.92 Å². The van der Waals surface area contributed by atoms with Crippen molar-refractivity contribution in [3.63, 3.8) is 0 Å². The minimum Gasteiger partial charge on any atom is -0.508 e. The highest BCUT2D eigenvalue weighted by atomic mass is 32.1. The van der Waals surface area contributed by atoms with E-state index < -0.39 is 0 Å². The first-order valence-electron chi connectivity index (χ1n) is 6.36. The molecule has 2 rings (SSSR count). The standard InChI is InChI=1S/C15H17N3OS/c1-3-18(13-9-11(19)7-6-10(13)2)15-12(14(16)20)5-4-8-17-15/h4-9,19H,3H2,1-2H3,(H2,16,20). The number of thiocarbonyl (C=S) groups is 1. The van der Waals surface area contributed by atoms with Gasteiger partial charge in [-0.15, -0.1) is 0 Å². The first-order valence-corrected chi connectivity index (χ1v) is 6.77. The van der Waals surface area contributed by atoms with Crippen LogP contribution in [-0.2, 0) is 0 Å². The van der Waals surface area contributed by atoms with Crippen molar-refractivity contribution < 1.29 is 5.11 Å². The van der Waals surface area contributed by atoms with Gasteiger partial charge in [-0.2, -0.15) is 0 Å². The number of aromatic hydroxyl groups is 1. The quantitative estimate of drug-likeness (QED) is 0.847. The van der Waals surface area contributed by atoms with Crippen LogP contribution in [0.2, 0.25) is 0 Å². The lowest BCUT2D eigenvalue weighted by molar-refractivity contribution is 0.475. The smallest absolute Gasteiger partial charge is 0.143 e. The molecule has 3 N–H and O–H groups in total. The van der Waals surface area contributed by atoms with E-state index in [2.05, 4.69) is 4.98 Å². The molecule has 0 unspecified atom stereocenters. The van der Waals surface area contributed by atoms with Gasteiger partial charge in [0.1, 0.15) is 16.6 Å². The Morgan fingerprint density at radius 1 is 1.40 bits per heavy atom. The van der Waals surface area contributed by atoms with Gasteiger partial charge in [-0.25, -0.2) is 4.98 Å². The predicted molar refractivity (Wildman–Crippen MR) is 85.6 cm³/mol. The lowest BCUT2D eigenvalue weighted by atomic mass is 10.1. The molecular weight excluding hydrogens is 270 g/mol. The van der Waals surface area contributed by atoms with Crippen molar-refractivity contribution in [2.24, 2.45) is 5.73 Å². The van der Waals surface area contributed by atoms with Gasteiger partial charge in [-0.1, -0.05) is 18.3 Å². The Bertz CT molecular complexity index is 643. The Balaban J connectivity index is 2.58. The zero-order chi connectivity index (χ0) is 14.7. The van der Waals surface area contributed by atoms with Crippen LogP contribution in [0.25, 0.3) is 0 Å². The number of pyridine rings is 1. The second kappa shape index (κ2) is 5.88. The molecule has 1 heterocycles. The molecule has 20 heavy (non-hydrogen) atoms. The number of phenols is 1. The highest BCUT2D eigenvalue weighted by molar-refractivity contribution is 7.80. The summed E-state index contributed by atoms with van der Waals surface area (Å²) >= 11 is 5.09. The molecule has 1 aromatic carbocycles. The summed E-state index contributed by atoms with van der Waals surface area (Å²) in [6.45, 7) is 4.69. The maximum atomic E-state index is 9.71. The molecule has 5 heteroatoms. The van der Waals surface area contributed by atoms with E-state index in [9.17, 15) is 5.11 Å². The largest absolute Gasteiger partial charge is 0.508 e. The predicted octanol–water partition coefficient (Wildman–Crippen LogP) is 2.89. The van der Waals surface area contributed by atoms with Crippen molar-refractivity contribution in [1.82, 2.24) is 4.98 Å². The van der Waals surface area contributed by atoms with Crippen LogP contribution in [0.1, 0.15) is 18.1 Å². The van der Waals surface area contributed by atoms with Gasteiger partial charge in [0.15, 0.2) is 0 Å². The summed E-state index contributed by atoms with van der Waals surface area (Å²) in [6.07, 6.45) is 1.71. The van der Waals surface area contributed by atoms with Gasteiger partial charge in [-0.3, -0.25) is 0 Å². The van der Waals surface area contributed by atoms with Crippen molar-refractivity contribution in [2.75, 3.05) is 11.4 Å². The number of phenolic OH excluding ortho intramolecular Hbond substituents is 1. The van der Waals surface area contributed by atoms with Crippen LogP contribution in [0.15, 0.2) is 36.5 Å². The van der Waals surface area contributed by atoms with E-state index in [-0.39, 0.29) is 5.75 Å². The summed E-state index contributed by atoms with van der Waals surface area (Å²) in [4.78, 5) is 6.69. The lowest BCUT2D eigenvalue weighted by Crippen LogP contribution is -2.23. The summed E-state index contributed by atoms with van der Waals surface area (Å²) in [5.41, 5.74) is 8.44. The van der Waals surface area contributed by atoms with Gasteiger partial charge in [-0.05, 0) is 37.6 Å². The number of nitrogens with two attached hydrogens (primary N) is 1. The van der Waals surface area contributed by atoms with Crippen LogP contribution in [-0.4, -0.2) is 21.6 Å². The number of aromatic nitrogens is 1. The van der Waals surface area contributed by atoms with Crippen LogP contribution < -0.4 is 10.6 Å². The number of anilines is 2. The molecule has 1 aromatic heterocycles. The Labute approximate surface area is 123 Å². The Morgan fingerprint density at radius 3 is 2.80 bits per heavy atom. The topological polar surface area (TPSA) is 62.4 Å². The number of hydrogen-bond donors (Lipinski definition) is 2. The molecule has 0 bridgehead atoms. The third kappa shape index (κ3) is 2.72. The van der Waals surface area contributed by atoms with Gasteiger partial charge in [0.2, 0.25) is 0 Å². The minimum atomic E-state index is 0.219. The molecule has 0 amide bonds. The van der Waals surface area contributed by atoms with Gasteiger partial charge in [0.05, 0.1) is 5.56 Å². The summed E-state index contributed by atoms with van der Waals surface area (Å²) in [6, 6.07) is 8.92. The first kappa shape index (κ1) is 14.3. The molecule has 0 saturated carbocycles. The maximum absolute atomic E-state index is 9.71. The molecule has 4 nitrogen and oxygen atoms in total. The molecule has 2 aromatic rings. The summed E-state index contributed by atoms with van der Waals surface area (Å²) in [5, 5.41) is 9.71. The molecule has 0 aliphatic heterocycles. The van der Waals surface area contributed by atoms with Gasteiger partial charge in [0.25, 0.3) is 0 Å². The molecule has 0 aliphatic carbocycles. The van der Waals surface area contributed by atoms with Crippen LogP contribution >= 0.6 is 12.2 Å². The normalized spacial score (nSPS) is 10.3. The fourth-order valence-corrected chi connectivity index (χ4v) is 2.29. The molecule has 0 atom stereocenters. The minimum absolute atomic E-state index is 0.219. The second-order valence-corrected chi connectivity index (χ2v) is 4.89. The number of rotatable bonds is 4. The third-order valence-electron chi connectivity index (χ3n) is 3.11. The van der Waals surface area contributed by atoms with Crippen LogP contribution in [0.3, 0.4) is 0 Å². The number of hydrogen-bond acceptors (Lipinski definition) is 4. The molecule has 0 aliphatic rings. The Kier molecular flexibility index (Phi) is 4.20. The first-order chi connectivity index (χ1) is 9.54. The second-order valence-electron chi connectivity index (χ2n) is 4.45. The fourth-order valence-electron chi connectivity index (χ4n) is 2.13. The zero-order valence-electron chi connectivity index (χ0n) is 11.5. The number of benzene rings is 1. The highest BCUT2D eigenvalue weighted by Gasteiger charge is 2.16. The zero-order valence-corrected chi connectivity index (χ0v) is 12.3. The highest BCUT2D eigenvalue weighted by Crippen LogP contribution is 2.31. The average Bonchev–Trinajstić information content (AvgIpc) is 2.44. The molecule has 0 radical (unpaired) electrons. The van der Waals surface area contributed by atoms with Crippen molar-refractivity contribution in [2.45, 2.75) is 13.8 Å². The van der Waals surface area contributed by atoms with Gasteiger partial charge < -0.3 is 15.7 Å². The summed E-state index contributed by atoms with van der Waals surface area (Å²) in [7, 11) is 0. The van der Waals surface area contributed by atoms with E-state index in [4.69, 9.17) is 18.0 Å². The SMILES string of the molecule is CCN(c1cc(O)ccc1C)c1ncccc1C(N)=S. The molecule has 104 valence electrons. The van der Waals surface area contributed by atoms with Crippen molar-refractivity contribution in [1.29, 1.82) is 0 Å². The maximum Gasteiger partial charge on any atom is 0.143 e. The van der Waals surface area contributed by atoms with Crippen LogP contribution in [0.4, 0.5) is 11.5 Å².